The third-order valence-electron chi connectivity index (χ3n) is 4.76. The summed E-state index contributed by atoms with van der Waals surface area (Å²) in [5, 5.41) is 0. The molecule has 26 heavy (non-hydrogen) atoms. The smallest absolute Gasteiger partial charge is 0.324 e. The number of hydrogen-bond acceptors (Lipinski definition) is 5. The van der Waals surface area contributed by atoms with Crippen LogP contribution in [-0.4, -0.2) is 29.9 Å². The Kier molecular flexibility index (Phi) is 10.7. The minimum Gasteiger partial charge on any atom is -0.439 e. The Morgan fingerprint density at radius 1 is 1.19 bits per heavy atom. The van der Waals surface area contributed by atoms with Crippen LogP contribution in [0.25, 0.3) is 0 Å². The Bertz CT molecular complexity index is 568. The van der Waals surface area contributed by atoms with E-state index < -0.39 is 27.1 Å². The second kappa shape index (κ2) is 11.0. The van der Waals surface area contributed by atoms with Gasteiger partial charge < -0.3 is 10.5 Å². The number of ether oxygens (including phenoxy) is 1. The largest absolute Gasteiger partial charge is 0.439 e. The van der Waals surface area contributed by atoms with Gasteiger partial charge in [0.1, 0.15) is 6.04 Å². The van der Waals surface area contributed by atoms with Crippen molar-refractivity contribution in [1.82, 2.24) is 0 Å². The summed E-state index contributed by atoms with van der Waals surface area (Å²) in [6.07, 6.45) is 5.78. The summed E-state index contributed by atoms with van der Waals surface area (Å²) in [6.45, 7) is 11.2. The molecule has 6 nitrogen and oxygen atoms in total. The van der Waals surface area contributed by atoms with Crippen molar-refractivity contribution in [2.24, 2.45) is 17.6 Å². The molecule has 0 aliphatic rings. The van der Waals surface area contributed by atoms with E-state index in [9.17, 15) is 17.8 Å². The molecule has 0 saturated heterocycles. The van der Waals surface area contributed by atoms with Gasteiger partial charge in [0, 0.05) is 6.42 Å². The van der Waals surface area contributed by atoms with Gasteiger partial charge in [-0.3, -0.25) is 9.35 Å². The predicted molar refractivity (Wildman–Crippen MR) is 105 cm³/mol. The molecule has 0 spiro atoms. The van der Waals surface area contributed by atoms with Crippen molar-refractivity contribution in [3.63, 3.8) is 0 Å². The number of hydrogen-bond donors (Lipinski definition) is 2. The fourth-order valence-corrected chi connectivity index (χ4v) is 3.35. The number of carbonyl (C=O) groups is 1. The van der Waals surface area contributed by atoms with Gasteiger partial charge in [-0.05, 0) is 58.3 Å². The molecule has 0 saturated carbocycles. The molecule has 7 heteroatoms. The molecular formula is C19H37NO5S. The topological polar surface area (TPSA) is 107 Å². The van der Waals surface area contributed by atoms with E-state index in [1.807, 2.05) is 20.8 Å². The van der Waals surface area contributed by atoms with Gasteiger partial charge in [0.15, 0.2) is 0 Å². The zero-order valence-electron chi connectivity index (χ0n) is 17.1. The first-order chi connectivity index (χ1) is 11.8. The number of allylic oxidation sites excluding steroid dienone is 2. The van der Waals surface area contributed by atoms with Crippen LogP contribution in [0.15, 0.2) is 11.6 Å². The Balaban J connectivity index is 4.97. The standard InChI is InChI=1S/C19H37NO5S/c1-7-15(4)11-12-17(20)18(21)25-19(6,26(22,23)24)13-16(5)10-8-9-14(2)3/h9,15-17H,7-8,10-13,20H2,1-6H3,(H,22,23,24)/t15-,16-,17-,19-/m0/s1. The minimum atomic E-state index is -4.58. The van der Waals surface area contributed by atoms with E-state index in [0.29, 0.717) is 12.3 Å². The molecule has 3 N–H and O–H groups in total. The summed E-state index contributed by atoms with van der Waals surface area (Å²) < 4.78 is 38.6. The summed E-state index contributed by atoms with van der Waals surface area (Å²) in [7, 11) is -4.58. The van der Waals surface area contributed by atoms with Gasteiger partial charge in [0.05, 0.1) is 0 Å². The summed E-state index contributed by atoms with van der Waals surface area (Å²) in [5.74, 6) is -0.413. The Morgan fingerprint density at radius 3 is 2.23 bits per heavy atom. The van der Waals surface area contributed by atoms with Gasteiger partial charge in [-0.1, -0.05) is 38.8 Å². The molecule has 0 unspecified atom stereocenters. The zero-order chi connectivity index (χ0) is 20.5. The molecule has 0 aromatic carbocycles. The lowest BCUT2D eigenvalue weighted by Crippen LogP contribution is -2.46. The van der Waals surface area contributed by atoms with Crippen LogP contribution in [0.5, 0.6) is 0 Å². The van der Waals surface area contributed by atoms with Crippen molar-refractivity contribution in [2.45, 2.75) is 91.0 Å². The summed E-state index contributed by atoms with van der Waals surface area (Å²) in [4.78, 5) is 10.3. The average molecular weight is 392 g/mol. The summed E-state index contributed by atoms with van der Waals surface area (Å²) >= 11 is 0. The van der Waals surface area contributed by atoms with E-state index in [1.165, 1.54) is 12.5 Å². The minimum absolute atomic E-state index is 0.0201. The van der Waals surface area contributed by atoms with Crippen LogP contribution < -0.4 is 5.73 Å². The average Bonchev–Trinajstić information content (AvgIpc) is 2.50. The molecule has 154 valence electrons. The highest BCUT2D eigenvalue weighted by molar-refractivity contribution is 7.87. The second-order valence-electron chi connectivity index (χ2n) is 7.90. The van der Waals surface area contributed by atoms with Crippen LogP contribution in [0.3, 0.4) is 0 Å². The van der Waals surface area contributed by atoms with E-state index in [0.717, 1.165) is 25.7 Å². The lowest BCUT2D eigenvalue weighted by atomic mass is 9.97. The molecular weight excluding hydrogens is 354 g/mol. The van der Waals surface area contributed by atoms with Crippen molar-refractivity contribution in [1.29, 1.82) is 0 Å². The van der Waals surface area contributed by atoms with Crippen molar-refractivity contribution < 1.29 is 22.5 Å². The molecule has 0 aliphatic carbocycles. The van der Waals surface area contributed by atoms with Gasteiger partial charge in [0.25, 0.3) is 0 Å². The molecule has 0 heterocycles. The molecule has 0 amide bonds. The maximum atomic E-state index is 12.3. The summed E-state index contributed by atoms with van der Waals surface area (Å²) in [5.41, 5.74) is 7.04. The van der Waals surface area contributed by atoms with Crippen LogP contribution in [0.2, 0.25) is 0 Å². The molecule has 0 aromatic heterocycles. The number of carbonyl (C=O) groups excluding carboxylic acids is 1. The van der Waals surface area contributed by atoms with Crippen LogP contribution >= 0.6 is 0 Å². The van der Waals surface area contributed by atoms with Crippen molar-refractivity contribution >= 4 is 16.1 Å². The van der Waals surface area contributed by atoms with Crippen LogP contribution in [0.4, 0.5) is 0 Å². The normalized spacial score (nSPS) is 17.7. The third-order valence-corrected chi connectivity index (χ3v) is 6.10. The lowest BCUT2D eigenvalue weighted by Gasteiger charge is -2.30. The zero-order valence-corrected chi connectivity index (χ0v) is 17.9. The van der Waals surface area contributed by atoms with E-state index >= 15 is 0 Å². The summed E-state index contributed by atoms with van der Waals surface area (Å²) in [6, 6.07) is -0.897. The molecule has 0 bridgehead atoms. The molecule has 0 radical (unpaired) electrons. The van der Waals surface area contributed by atoms with E-state index in [1.54, 1.807) is 0 Å². The first-order valence-electron chi connectivity index (χ1n) is 9.41. The first-order valence-corrected chi connectivity index (χ1v) is 10.8. The fourth-order valence-electron chi connectivity index (χ4n) is 2.67. The van der Waals surface area contributed by atoms with Crippen molar-refractivity contribution in [3.05, 3.63) is 11.6 Å². The van der Waals surface area contributed by atoms with Gasteiger partial charge in [-0.25, -0.2) is 0 Å². The maximum absolute atomic E-state index is 12.3. The Morgan fingerprint density at radius 2 is 1.77 bits per heavy atom. The maximum Gasteiger partial charge on any atom is 0.324 e. The monoisotopic (exact) mass is 391 g/mol. The second-order valence-corrected chi connectivity index (χ2v) is 9.71. The molecule has 0 aromatic rings. The van der Waals surface area contributed by atoms with Crippen LogP contribution in [-0.2, 0) is 19.6 Å². The molecule has 0 aliphatic heterocycles. The number of esters is 1. The van der Waals surface area contributed by atoms with Crippen molar-refractivity contribution in [2.75, 3.05) is 0 Å². The fraction of sp³-hybridized carbons (Fsp3) is 0.842. The number of rotatable bonds is 12. The SMILES string of the molecule is CC[C@H](C)CC[C@H](N)C(=O)O[C@](C)(C[C@@H](C)CCC=C(C)C)S(=O)(=O)O. The molecule has 0 rings (SSSR count). The van der Waals surface area contributed by atoms with E-state index in [-0.39, 0.29) is 12.3 Å². The van der Waals surface area contributed by atoms with Crippen LogP contribution in [0, 0.1) is 11.8 Å². The van der Waals surface area contributed by atoms with Crippen LogP contribution in [0.1, 0.15) is 80.1 Å². The quantitative estimate of drug-likeness (QED) is 0.295. The van der Waals surface area contributed by atoms with Gasteiger partial charge in [-0.2, -0.15) is 8.42 Å². The Hall–Kier alpha value is -0.920. The third kappa shape index (κ3) is 9.14. The molecule has 0 fully saturated rings. The van der Waals surface area contributed by atoms with Gasteiger partial charge in [0.2, 0.25) is 4.93 Å². The van der Waals surface area contributed by atoms with Gasteiger partial charge >= 0.3 is 16.1 Å². The lowest BCUT2D eigenvalue weighted by molar-refractivity contribution is -0.154. The van der Waals surface area contributed by atoms with Crippen molar-refractivity contribution in [3.8, 4) is 0 Å². The molecule has 4 atom stereocenters. The Labute approximate surface area is 159 Å². The number of nitrogens with two attached hydrogens (primary N) is 1. The first kappa shape index (κ1) is 25.1. The van der Waals surface area contributed by atoms with Gasteiger partial charge in [-0.15, -0.1) is 0 Å². The van der Waals surface area contributed by atoms with E-state index in [2.05, 4.69) is 19.9 Å². The highest BCUT2D eigenvalue weighted by Gasteiger charge is 2.44. The highest BCUT2D eigenvalue weighted by Crippen LogP contribution is 2.29. The predicted octanol–water partition coefficient (Wildman–Crippen LogP) is 4.06. The van der Waals surface area contributed by atoms with E-state index in [4.69, 9.17) is 10.5 Å². The highest BCUT2D eigenvalue weighted by atomic mass is 32.2.